The van der Waals surface area contributed by atoms with Crippen LogP contribution in [0.1, 0.15) is 26.4 Å². The molecule has 0 saturated carbocycles. The van der Waals surface area contributed by atoms with Gasteiger partial charge in [0.2, 0.25) is 5.78 Å². The summed E-state index contributed by atoms with van der Waals surface area (Å²) in [4.78, 5) is 37.9. The smallest absolute Gasteiger partial charge is 0.340 e. The van der Waals surface area contributed by atoms with Crippen LogP contribution >= 0.6 is 11.6 Å². The molecule has 0 radical (unpaired) electrons. The Labute approximate surface area is 152 Å². The predicted octanol–water partition coefficient (Wildman–Crippen LogP) is 4.08. The molecule has 0 fully saturated rings. The number of Topliss-reactive ketones (excluding diaryl/α,β-unsaturated/α-hetero) is 1. The number of ether oxygens (including phenoxy) is 1. The SMILES string of the molecule is Cc1[nH]c2ccccc2c1C(=O)COC(=O)c1cc([N+](=O)[O-])ccc1Cl. The normalized spacial score (nSPS) is 10.7. The highest BCUT2D eigenvalue weighted by molar-refractivity contribution is 6.33. The van der Waals surface area contributed by atoms with E-state index in [1.807, 2.05) is 12.1 Å². The van der Waals surface area contributed by atoms with E-state index >= 15 is 0 Å². The number of carbonyl (C=O) groups excluding carboxylic acids is 2. The molecule has 8 heteroatoms. The molecule has 1 aromatic heterocycles. The van der Waals surface area contributed by atoms with Gasteiger partial charge in [0.25, 0.3) is 5.69 Å². The highest BCUT2D eigenvalue weighted by Crippen LogP contribution is 2.24. The number of aryl methyl sites for hydroxylation is 1. The molecular weight excluding hydrogens is 360 g/mol. The van der Waals surface area contributed by atoms with Crippen molar-refractivity contribution in [3.05, 3.63) is 74.4 Å². The quantitative estimate of drug-likeness (QED) is 0.314. The molecule has 132 valence electrons. The number of hydrogen-bond acceptors (Lipinski definition) is 5. The standard InChI is InChI=1S/C18H13ClN2O5/c1-10-17(12-4-2-3-5-15(12)20-10)16(22)9-26-18(23)13-8-11(21(24)25)6-7-14(13)19/h2-8,20H,9H2,1H3. The van der Waals surface area contributed by atoms with E-state index in [1.165, 1.54) is 12.1 Å². The van der Waals surface area contributed by atoms with E-state index in [-0.39, 0.29) is 22.1 Å². The van der Waals surface area contributed by atoms with Crippen LogP contribution in [0.5, 0.6) is 0 Å². The van der Waals surface area contributed by atoms with Crippen LogP contribution in [0.15, 0.2) is 42.5 Å². The summed E-state index contributed by atoms with van der Waals surface area (Å²) in [5.41, 5.74) is 1.46. The van der Waals surface area contributed by atoms with E-state index in [0.29, 0.717) is 11.3 Å². The number of non-ortho nitro benzene ring substituents is 1. The van der Waals surface area contributed by atoms with Crippen molar-refractivity contribution in [3.8, 4) is 0 Å². The lowest BCUT2D eigenvalue weighted by Crippen LogP contribution is -2.15. The first-order valence-electron chi connectivity index (χ1n) is 7.60. The fourth-order valence-corrected chi connectivity index (χ4v) is 2.89. The third-order valence-electron chi connectivity index (χ3n) is 3.89. The number of nitrogens with one attached hydrogen (secondary N) is 1. The number of nitro benzene ring substituents is 1. The van der Waals surface area contributed by atoms with Gasteiger partial charge in [-0.3, -0.25) is 14.9 Å². The summed E-state index contributed by atoms with van der Waals surface area (Å²) in [6.45, 7) is 1.26. The Balaban J connectivity index is 1.79. The first-order valence-corrected chi connectivity index (χ1v) is 7.98. The van der Waals surface area contributed by atoms with Crippen LogP contribution in [-0.2, 0) is 4.74 Å². The van der Waals surface area contributed by atoms with E-state index in [2.05, 4.69) is 4.98 Å². The van der Waals surface area contributed by atoms with Crippen molar-refractivity contribution in [3.63, 3.8) is 0 Å². The maximum absolute atomic E-state index is 12.5. The number of nitrogens with zero attached hydrogens (tertiary/aromatic N) is 1. The third-order valence-corrected chi connectivity index (χ3v) is 4.22. The Morgan fingerprint density at radius 2 is 1.96 bits per heavy atom. The average molecular weight is 373 g/mol. The van der Waals surface area contributed by atoms with Gasteiger partial charge in [-0.15, -0.1) is 0 Å². The Morgan fingerprint density at radius 3 is 2.69 bits per heavy atom. The number of halogens is 1. The van der Waals surface area contributed by atoms with E-state index in [1.54, 1.807) is 19.1 Å². The number of esters is 1. The molecule has 3 aromatic rings. The second-order valence-electron chi connectivity index (χ2n) is 5.59. The van der Waals surface area contributed by atoms with Gasteiger partial charge in [0.15, 0.2) is 6.61 Å². The molecule has 1 heterocycles. The zero-order valence-electron chi connectivity index (χ0n) is 13.6. The maximum Gasteiger partial charge on any atom is 0.340 e. The predicted molar refractivity (Wildman–Crippen MR) is 95.8 cm³/mol. The number of aromatic amines is 1. The lowest BCUT2D eigenvalue weighted by atomic mass is 10.1. The van der Waals surface area contributed by atoms with Gasteiger partial charge in [0.05, 0.1) is 15.5 Å². The number of H-pyrrole nitrogens is 1. The maximum atomic E-state index is 12.5. The second-order valence-corrected chi connectivity index (χ2v) is 6.00. The van der Waals surface area contributed by atoms with E-state index in [4.69, 9.17) is 16.3 Å². The van der Waals surface area contributed by atoms with E-state index < -0.39 is 17.5 Å². The fraction of sp³-hybridized carbons (Fsp3) is 0.111. The van der Waals surface area contributed by atoms with Gasteiger partial charge in [-0.1, -0.05) is 29.8 Å². The fourth-order valence-electron chi connectivity index (χ4n) is 2.70. The number of hydrogen-bond donors (Lipinski definition) is 1. The minimum absolute atomic E-state index is 0.0105. The third kappa shape index (κ3) is 3.29. The van der Waals surface area contributed by atoms with Gasteiger partial charge in [0, 0.05) is 34.3 Å². The van der Waals surface area contributed by atoms with Crippen molar-refractivity contribution in [1.29, 1.82) is 0 Å². The zero-order chi connectivity index (χ0) is 18.8. The molecule has 26 heavy (non-hydrogen) atoms. The Hall–Kier alpha value is -3.19. The number of carbonyl (C=O) groups is 2. The Kier molecular flexibility index (Phi) is 4.73. The summed E-state index contributed by atoms with van der Waals surface area (Å²) >= 11 is 5.90. The first kappa shape index (κ1) is 17.6. The zero-order valence-corrected chi connectivity index (χ0v) is 14.4. The monoisotopic (exact) mass is 372 g/mol. The van der Waals surface area contributed by atoms with Gasteiger partial charge >= 0.3 is 5.97 Å². The number of nitro groups is 1. The number of rotatable bonds is 5. The molecule has 3 rings (SSSR count). The molecule has 0 bridgehead atoms. The lowest BCUT2D eigenvalue weighted by Gasteiger charge is -2.06. The van der Waals surface area contributed by atoms with E-state index in [0.717, 1.165) is 17.0 Å². The average Bonchev–Trinajstić information content (AvgIpc) is 2.95. The molecule has 0 atom stereocenters. The molecule has 7 nitrogen and oxygen atoms in total. The molecule has 0 unspecified atom stereocenters. The topological polar surface area (TPSA) is 102 Å². The van der Waals surface area contributed by atoms with Gasteiger partial charge < -0.3 is 9.72 Å². The summed E-state index contributed by atoms with van der Waals surface area (Å²) in [7, 11) is 0. The number of benzene rings is 2. The molecule has 0 aliphatic carbocycles. The Morgan fingerprint density at radius 1 is 1.23 bits per heavy atom. The summed E-state index contributed by atoms with van der Waals surface area (Å²) in [5.74, 6) is -1.28. The summed E-state index contributed by atoms with van der Waals surface area (Å²) in [5, 5.41) is 11.6. The first-order chi connectivity index (χ1) is 12.4. The number of ketones is 1. The second kappa shape index (κ2) is 6.97. The highest BCUT2D eigenvalue weighted by atomic mass is 35.5. The molecule has 0 aliphatic rings. The number of aromatic nitrogens is 1. The van der Waals surface area contributed by atoms with Crippen molar-refractivity contribution in [2.45, 2.75) is 6.92 Å². The Bertz CT molecular complexity index is 1040. The van der Waals surface area contributed by atoms with Crippen LogP contribution in [-0.4, -0.2) is 28.3 Å². The van der Waals surface area contributed by atoms with Gasteiger partial charge in [-0.2, -0.15) is 0 Å². The molecule has 0 saturated heterocycles. The molecule has 0 aliphatic heterocycles. The summed E-state index contributed by atoms with van der Waals surface area (Å²) < 4.78 is 5.02. The minimum atomic E-state index is -0.899. The molecule has 1 N–H and O–H groups in total. The lowest BCUT2D eigenvalue weighted by molar-refractivity contribution is -0.384. The molecule has 2 aromatic carbocycles. The van der Waals surface area contributed by atoms with Crippen molar-refractivity contribution in [2.75, 3.05) is 6.61 Å². The van der Waals surface area contributed by atoms with Crippen molar-refractivity contribution >= 4 is 39.9 Å². The van der Waals surface area contributed by atoms with E-state index in [9.17, 15) is 19.7 Å². The molecule has 0 spiro atoms. The number of para-hydroxylation sites is 1. The minimum Gasteiger partial charge on any atom is -0.454 e. The van der Waals surface area contributed by atoms with Crippen molar-refractivity contribution in [2.24, 2.45) is 0 Å². The van der Waals surface area contributed by atoms with Gasteiger partial charge in [0.1, 0.15) is 0 Å². The van der Waals surface area contributed by atoms with Gasteiger partial charge in [-0.25, -0.2) is 4.79 Å². The van der Waals surface area contributed by atoms with Crippen molar-refractivity contribution in [1.82, 2.24) is 4.98 Å². The molecular formula is C18H13ClN2O5. The van der Waals surface area contributed by atoms with Gasteiger partial charge in [-0.05, 0) is 19.1 Å². The van der Waals surface area contributed by atoms with Crippen LogP contribution in [0.25, 0.3) is 10.9 Å². The largest absolute Gasteiger partial charge is 0.454 e. The summed E-state index contributed by atoms with van der Waals surface area (Å²) in [6, 6.07) is 10.7. The van der Waals surface area contributed by atoms with Crippen LogP contribution in [0.3, 0.4) is 0 Å². The van der Waals surface area contributed by atoms with Crippen LogP contribution in [0.2, 0.25) is 5.02 Å². The van der Waals surface area contributed by atoms with Crippen LogP contribution < -0.4 is 0 Å². The summed E-state index contributed by atoms with van der Waals surface area (Å²) in [6.07, 6.45) is 0. The van der Waals surface area contributed by atoms with Crippen LogP contribution in [0, 0.1) is 17.0 Å². The van der Waals surface area contributed by atoms with Crippen molar-refractivity contribution < 1.29 is 19.2 Å². The van der Waals surface area contributed by atoms with Crippen LogP contribution in [0.4, 0.5) is 5.69 Å². The number of fused-ring (bicyclic) bond motifs is 1. The molecule has 0 amide bonds. The highest BCUT2D eigenvalue weighted by Gasteiger charge is 2.21.